The summed E-state index contributed by atoms with van der Waals surface area (Å²) in [5.74, 6) is 0. The van der Waals surface area contributed by atoms with Crippen LogP contribution in [0.3, 0.4) is 0 Å². The summed E-state index contributed by atoms with van der Waals surface area (Å²) in [6, 6.07) is 7.72. The van der Waals surface area contributed by atoms with E-state index in [0.29, 0.717) is 6.42 Å². The number of H-pyrrole nitrogens is 1. The van der Waals surface area contributed by atoms with Gasteiger partial charge in [-0.05, 0) is 24.3 Å². The summed E-state index contributed by atoms with van der Waals surface area (Å²) in [4.78, 5) is 3.21. The molecular weight excluding hydrogens is 186 g/mol. The summed E-state index contributed by atoms with van der Waals surface area (Å²) in [7, 11) is 0. The van der Waals surface area contributed by atoms with Gasteiger partial charge in [0.2, 0.25) is 0 Å². The summed E-state index contributed by atoms with van der Waals surface area (Å²) >= 11 is 5.84. The van der Waals surface area contributed by atoms with E-state index >= 15 is 0 Å². The first-order valence-corrected chi connectivity index (χ1v) is 4.55. The van der Waals surface area contributed by atoms with Crippen molar-refractivity contribution >= 4 is 22.5 Å². The second-order valence-corrected chi connectivity index (χ2v) is 3.44. The minimum atomic E-state index is 0.167. The van der Waals surface area contributed by atoms with E-state index in [-0.39, 0.29) is 6.61 Å². The van der Waals surface area contributed by atoms with Crippen LogP contribution in [-0.2, 0) is 6.42 Å². The number of rotatable bonds is 2. The van der Waals surface area contributed by atoms with Gasteiger partial charge in [0.25, 0.3) is 0 Å². The number of hydrogen-bond donors (Lipinski definition) is 2. The lowest BCUT2D eigenvalue weighted by molar-refractivity contribution is 0.298. The molecule has 13 heavy (non-hydrogen) atoms. The molecule has 0 saturated carbocycles. The number of fused-ring (bicyclic) bond motifs is 1. The predicted molar refractivity (Wildman–Crippen MR) is 54.1 cm³/mol. The van der Waals surface area contributed by atoms with Crippen molar-refractivity contribution in [3.63, 3.8) is 0 Å². The smallest absolute Gasteiger partial charge is 0.0485 e. The van der Waals surface area contributed by atoms with Crippen LogP contribution in [0, 0.1) is 0 Å². The molecule has 0 aliphatic heterocycles. The Hall–Kier alpha value is -0.990. The van der Waals surface area contributed by atoms with Crippen molar-refractivity contribution in [1.29, 1.82) is 0 Å². The molecule has 0 atom stereocenters. The van der Waals surface area contributed by atoms with Gasteiger partial charge in [0.15, 0.2) is 0 Å². The van der Waals surface area contributed by atoms with E-state index in [1.807, 2.05) is 24.3 Å². The highest BCUT2D eigenvalue weighted by molar-refractivity contribution is 6.31. The van der Waals surface area contributed by atoms with E-state index in [1.165, 1.54) is 0 Å². The van der Waals surface area contributed by atoms with E-state index < -0.39 is 0 Å². The van der Waals surface area contributed by atoms with Gasteiger partial charge in [-0.3, -0.25) is 0 Å². The molecule has 2 aromatic rings. The van der Waals surface area contributed by atoms with Crippen LogP contribution >= 0.6 is 11.6 Å². The van der Waals surface area contributed by atoms with Crippen LogP contribution in [0.15, 0.2) is 24.3 Å². The van der Waals surface area contributed by atoms with Gasteiger partial charge in [-0.25, -0.2) is 0 Å². The fourth-order valence-corrected chi connectivity index (χ4v) is 1.60. The van der Waals surface area contributed by atoms with Crippen molar-refractivity contribution in [2.24, 2.45) is 0 Å². The van der Waals surface area contributed by atoms with Gasteiger partial charge in [0.1, 0.15) is 0 Å². The van der Waals surface area contributed by atoms with Crippen molar-refractivity contribution in [1.82, 2.24) is 4.98 Å². The van der Waals surface area contributed by atoms with Gasteiger partial charge in [-0.15, -0.1) is 0 Å². The number of halogens is 1. The van der Waals surface area contributed by atoms with Gasteiger partial charge in [0, 0.05) is 34.6 Å². The summed E-state index contributed by atoms with van der Waals surface area (Å²) in [6.07, 6.45) is 0.659. The first-order chi connectivity index (χ1) is 6.29. The van der Waals surface area contributed by atoms with E-state index in [4.69, 9.17) is 16.7 Å². The Morgan fingerprint density at radius 1 is 1.31 bits per heavy atom. The molecule has 0 bridgehead atoms. The van der Waals surface area contributed by atoms with Crippen LogP contribution in [0.1, 0.15) is 5.69 Å². The topological polar surface area (TPSA) is 36.0 Å². The molecule has 3 heteroatoms. The molecule has 1 heterocycles. The molecule has 0 radical (unpaired) electrons. The van der Waals surface area contributed by atoms with Crippen molar-refractivity contribution in [3.05, 3.63) is 35.0 Å². The van der Waals surface area contributed by atoms with E-state index in [9.17, 15) is 0 Å². The molecular formula is C10H10ClNO. The maximum atomic E-state index is 8.75. The molecule has 2 nitrogen and oxygen atoms in total. The minimum Gasteiger partial charge on any atom is -0.396 e. The Balaban J connectivity index is 2.49. The molecule has 0 unspecified atom stereocenters. The molecule has 1 aromatic heterocycles. The number of aromatic nitrogens is 1. The highest BCUT2D eigenvalue weighted by Gasteiger charge is 2.00. The van der Waals surface area contributed by atoms with Crippen LogP contribution in [-0.4, -0.2) is 16.7 Å². The summed E-state index contributed by atoms with van der Waals surface area (Å²) in [5.41, 5.74) is 2.10. The Kier molecular flexibility index (Phi) is 2.25. The second kappa shape index (κ2) is 3.40. The zero-order chi connectivity index (χ0) is 9.26. The maximum absolute atomic E-state index is 8.75. The second-order valence-electron chi connectivity index (χ2n) is 3.00. The lowest BCUT2D eigenvalue weighted by Crippen LogP contribution is -1.88. The highest BCUT2D eigenvalue weighted by Crippen LogP contribution is 2.19. The molecule has 0 amide bonds. The first-order valence-electron chi connectivity index (χ1n) is 4.17. The van der Waals surface area contributed by atoms with Crippen LogP contribution in [0.2, 0.25) is 5.02 Å². The van der Waals surface area contributed by atoms with Gasteiger partial charge in [-0.1, -0.05) is 11.6 Å². The van der Waals surface area contributed by atoms with E-state index in [1.54, 1.807) is 0 Å². The van der Waals surface area contributed by atoms with E-state index in [2.05, 4.69) is 4.98 Å². The number of aromatic amines is 1. The number of aliphatic hydroxyl groups is 1. The molecule has 0 aliphatic rings. The zero-order valence-corrected chi connectivity index (χ0v) is 7.80. The molecule has 0 fully saturated rings. The van der Waals surface area contributed by atoms with Crippen molar-refractivity contribution in [3.8, 4) is 0 Å². The molecule has 2 N–H and O–H groups in total. The quantitative estimate of drug-likeness (QED) is 0.759. The average molecular weight is 196 g/mol. The van der Waals surface area contributed by atoms with Crippen molar-refractivity contribution in [2.45, 2.75) is 6.42 Å². The Morgan fingerprint density at radius 2 is 2.15 bits per heavy atom. The molecule has 0 spiro atoms. The molecule has 0 aliphatic carbocycles. The number of nitrogens with one attached hydrogen (secondary N) is 1. The van der Waals surface area contributed by atoms with Crippen molar-refractivity contribution in [2.75, 3.05) is 6.61 Å². The van der Waals surface area contributed by atoms with Crippen LogP contribution < -0.4 is 0 Å². The maximum Gasteiger partial charge on any atom is 0.0485 e. The lowest BCUT2D eigenvalue weighted by Gasteiger charge is -1.89. The SMILES string of the molecule is OCCc1cc2cc(Cl)ccc2[nH]1. The molecule has 1 aromatic carbocycles. The minimum absolute atomic E-state index is 0.167. The van der Waals surface area contributed by atoms with Gasteiger partial charge >= 0.3 is 0 Å². The Labute approximate surface area is 81.1 Å². The van der Waals surface area contributed by atoms with Crippen LogP contribution in [0.4, 0.5) is 0 Å². The number of hydrogen-bond acceptors (Lipinski definition) is 1. The first kappa shape index (κ1) is 8.60. The highest BCUT2D eigenvalue weighted by atomic mass is 35.5. The summed E-state index contributed by atoms with van der Waals surface area (Å²) in [6.45, 7) is 0.167. The third-order valence-corrected chi connectivity index (χ3v) is 2.25. The van der Waals surface area contributed by atoms with Crippen LogP contribution in [0.25, 0.3) is 10.9 Å². The third-order valence-electron chi connectivity index (χ3n) is 2.02. The van der Waals surface area contributed by atoms with Gasteiger partial charge in [-0.2, -0.15) is 0 Å². The van der Waals surface area contributed by atoms with Gasteiger partial charge < -0.3 is 10.1 Å². The standard InChI is InChI=1S/C10H10ClNO/c11-8-1-2-10-7(5-8)6-9(12-10)3-4-13/h1-2,5-6,12-13H,3-4H2. The largest absolute Gasteiger partial charge is 0.396 e. The number of benzene rings is 1. The van der Waals surface area contributed by atoms with Crippen molar-refractivity contribution < 1.29 is 5.11 Å². The lowest BCUT2D eigenvalue weighted by atomic mass is 10.2. The Bertz CT molecular complexity index is 422. The monoisotopic (exact) mass is 195 g/mol. The fourth-order valence-electron chi connectivity index (χ4n) is 1.42. The molecule has 0 saturated heterocycles. The summed E-state index contributed by atoms with van der Waals surface area (Å²) in [5, 5.41) is 10.6. The average Bonchev–Trinajstić information content (AvgIpc) is 2.46. The number of aliphatic hydroxyl groups excluding tert-OH is 1. The van der Waals surface area contributed by atoms with Crippen LogP contribution in [0.5, 0.6) is 0 Å². The zero-order valence-electron chi connectivity index (χ0n) is 7.05. The third kappa shape index (κ3) is 1.69. The van der Waals surface area contributed by atoms with Gasteiger partial charge in [0.05, 0.1) is 0 Å². The normalized spacial score (nSPS) is 10.9. The fraction of sp³-hybridized carbons (Fsp3) is 0.200. The molecule has 2 rings (SSSR count). The molecule has 68 valence electrons. The predicted octanol–water partition coefficient (Wildman–Crippen LogP) is 2.36. The Morgan fingerprint density at radius 3 is 2.92 bits per heavy atom. The van der Waals surface area contributed by atoms with E-state index in [0.717, 1.165) is 21.6 Å². The summed E-state index contributed by atoms with van der Waals surface area (Å²) < 4.78 is 0.